The van der Waals surface area contributed by atoms with Crippen LogP contribution in [0, 0.1) is 0 Å². The molecule has 1 atom stereocenters. The van der Waals surface area contributed by atoms with Gasteiger partial charge in [-0.05, 0) is 12.5 Å². The Kier molecular flexibility index (Phi) is 7.20. The average Bonchev–Trinajstić information content (AvgIpc) is 3.32. The number of ketones is 1. The van der Waals surface area contributed by atoms with Gasteiger partial charge in [-0.25, -0.2) is 4.98 Å². The Balaban J connectivity index is 1.72. The lowest BCUT2D eigenvalue weighted by atomic mass is 9.99. The molecule has 3 heterocycles. The van der Waals surface area contributed by atoms with E-state index < -0.39 is 6.04 Å². The summed E-state index contributed by atoms with van der Waals surface area (Å²) in [6.07, 6.45) is 7.83. The number of carbonyl (C=O) groups is 2. The summed E-state index contributed by atoms with van der Waals surface area (Å²) in [6.45, 7) is 2.07. The molecule has 0 saturated carbocycles. The van der Waals surface area contributed by atoms with Gasteiger partial charge in [-0.3, -0.25) is 19.6 Å². The highest BCUT2D eigenvalue weighted by Crippen LogP contribution is 2.29. The van der Waals surface area contributed by atoms with E-state index in [0.29, 0.717) is 46.1 Å². The molecule has 0 amide bonds. The number of nitrogens with one attached hydrogen (secondary N) is 2. The molecule has 4 aromatic rings. The summed E-state index contributed by atoms with van der Waals surface area (Å²) in [7, 11) is 3.03. The van der Waals surface area contributed by atoms with E-state index in [-0.39, 0.29) is 18.2 Å². The van der Waals surface area contributed by atoms with Gasteiger partial charge in [0.1, 0.15) is 11.8 Å². The van der Waals surface area contributed by atoms with Crippen molar-refractivity contribution in [3.8, 4) is 11.6 Å². The summed E-state index contributed by atoms with van der Waals surface area (Å²) in [5, 5.41) is 3.89. The molecule has 0 bridgehead atoms. The van der Waals surface area contributed by atoms with Gasteiger partial charge in [0.2, 0.25) is 5.88 Å². The minimum absolute atomic E-state index is 0.0977. The van der Waals surface area contributed by atoms with Gasteiger partial charge in [0.15, 0.2) is 5.78 Å². The highest BCUT2D eigenvalue weighted by molar-refractivity contribution is 6.12. The standard InChI is InChI=1S/C25H25N5O5/c1-4-35-22(31)8-15-6-5-7-18-19(12-29-23(15)18)25(32)24(20-13-28-21(34-3)14-27-20)30-16-9-17(33-2)11-26-10-16/h5-7,9-14,24,29-30H,4,8H2,1-3H3. The maximum atomic E-state index is 13.8. The van der Waals surface area contributed by atoms with E-state index in [9.17, 15) is 9.59 Å². The number of methoxy groups -OCH3 is 2. The number of aromatic nitrogens is 4. The van der Waals surface area contributed by atoms with Gasteiger partial charge in [-0.15, -0.1) is 0 Å². The highest BCUT2D eigenvalue weighted by Gasteiger charge is 2.27. The van der Waals surface area contributed by atoms with Crippen LogP contribution in [0.25, 0.3) is 10.9 Å². The van der Waals surface area contributed by atoms with Crippen LogP contribution in [0.3, 0.4) is 0 Å². The molecule has 0 aliphatic carbocycles. The lowest BCUT2D eigenvalue weighted by Crippen LogP contribution is -2.22. The van der Waals surface area contributed by atoms with Crippen LogP contribution in [0.1, 0.15) is 34.6 Å². The molecule has 2 N–H and O–H groups in total. The number of hydrogen-bond donors (Lipinski definition) is 2. The molecule has 10 nitrogen and oxygen atoms in total. The first-order valence-corrected chi connectivity index (χ1v) is 10.9. The monoisotopic (exact) mass is 475 g/mol. The number of rotatable bonds is 10. The van der Waals surface area contributed by atoms with Gasteiger partial charge in [0, 0.05) is 28.7 Å². The number of pyridine rings is 1. The number of hydrogen-bond acceptors (Lipinski definition) is 9. The minimum atomic E-state index is -0.880. The zero-order valence-corrected chi connectivity index (χ0v) is 19.6. The first-order valence-electron chi connectivity index (χ1n) is 10.9. The fourth-order valence-electron chi connectivity index (χ4n) is 3.72. The number of H-pyrrole nitrogens is 1. The van der Waals surface area contributed by atoms with Crippen LogP contribution < -0.4 is 14.8 Å². The third-order valence-corrected chi connectivity index (χ3v) is 5.38. The van der Waals surface area contributed by atoms with Gasteiger partial charge >= 0.3 is 5.97 Å². The Hall–Kier alpha value is -4.47. The molecule has 0 saturated heterocycles. The molecule has 1 unspecified atom stereocenters. The number of Topliss-reactive ketones (excluding diaryl/α,β-unsaturated/α-hetero) is 1. The number of carbonyl (C=O) groups excluding carboxylic acids is 2. The molecule has 0 fully saturated rings. The van der Waals surface area contributed by atoms with Crippen LogP contribution in [0.15, 0.2) is 55.2 Å². The zero-order valence-electron chi connectivity index (χ0n) is 19.6. The molecule has 4 rings (SSSR count). The second-order valence-electron chi connectivity index (χ2n) is 7.56. The molecule has 0 radical (unpaired) electrons. The Labute approximate surface area is 201 Å². The number of nitrogens with zero attached hydrogens (tertiary/aromatic N) is 3. The number of aromatic amines is 1. The third-order valence-electron chi connectivity index (χ3n) is 5.38. The Morgan fingerprint density at radius 3 is 2.66 bits per heavy atom. The summed E-state index contributed by atoms with van der Waals surface area (Å²) in [4.78, 5) is 41.8. The molecule has 3 aromatic heterocycles. The Morgan fingerprint density at radius 1 is 1.09 bits per heavy atom. The van der Waals surface area contributed by atoms with Crippen molar-refractivity contribution in [1.29, 1.82) is 0 Å². The smallest absolute Gasteiger partial charge is 0.310 e. The molecule has 10 heteroatoms. The second-order valence-corrected chi connectivity index (χ2v) is 7.56. The van der Waals surface area contributed by atoms with Crippen LogP contribution in [-0.4, -0.2) is 52.5 Å². The van der Waals surface area contributed by atoms with Crippen molar-refractivity contribution in [1.82, 2.24) is 19.9 Å². The minimum Gasteiger partial charge on any atom is -0.495 e. The lowest BCUT2D eigenvalue weighted by Gasteiger charge is -2.18. The largest absolute Gasteiger partial charge is 0.495 e. The fourth-order valence-corrected chi connectivity index (χ4v) is 3.72. The quantitative estimate of drug-likeness (QED) is 0.261. The second kappa shape index (κ2) is 10.6. The number of benzene rings is 1. The molecule has 0 aliphatic rings. The summed E-state index contributed by atoms with van der Waals surface area (Å²) >= 11 is 0. The van der Waals surface area contributed by atoms with Crippen LogP contribution >= 0.6 is 0 Å². The van der Waals surface area contributed by atoms with E-state index in [2.05, 4.69) is 25.3 Å². The van der Waals surface area contributed by atoms with Crippen LogP contribution in [0.4, 0.5) is 5.69 Å². The molecular weight excluding hydrogens is 450 g/mol. The molecule has 180 valence electrons. The average molecular weight is 476 g/mol. The van der Waals surface area contributed by atoms with Crippen LogP contribution in [0.5, 0.6) is 11.6 Å². The number of anilines is 1. The van der Waals surface area contributed by atoms with Gasteiger partial charge in [-0.1, -0.05) is 18.2 Å². The van der Waals surface area contributed by atoms with Crippen molar-refractivity contribution in [2.24, 2.45) is 0 Å². The first-order chi connectivity index (χ1) is 17.0. The van der Waals surface area contributed by atoms with E-state index in [4.69, 9.17) is 14.2 Å². The summed E-state index contributed by atoms with van der Waals surface area (Å²) in [5.74, 6) is 0.296. The Bertz CT molecular complexity index is 1340. The number of para-hydroxylation sites is 1. The maximum absolute atomic E-state index is 13.8. The van der Waals surface area contributed by atoms with Crippen LogP contribution in [-0.2, 0) is 16.0 Å². The van der Waals surface area contributed by atoms with E-state index in [1.54, 1.807) is 31.6 Å². The fraction of sp³-hybridized carbons (Fsp3) is 0.240. The SMILES string of the molecule is CCOC(=O)Cc1cccc2c(C(=O)C(Nc3cncc(OC)c3)c3cnc(OC)cn3)c[nH]c12. The van der Waals surface area contributed by atoms with Crippen LogP contribution in [0.2, 0.25) is 0 Å². The van der Waals surface area contributed by atoms with E-state index in [0.717, 1.165) is 5.56 Å². The molecular formula is C25H25N5O5. The molecule has 0 spiro atoms. The predicted molar refractivity (Wildman–Crippen MR) is 129 cm³/mol. The highest BCUT2D eigenvalue weighted by atomic mass is 16.5. The van der Waals surface area contributed by atoms with Crippen molar-refractivity contribution in [2.45, 2.75) is 19.4 Å². The summed E-state index contributed by atoms with van der Waals surface area (Å²) in [5.41, 5.74) is 2.85. The Morgan fingerprint density at radius 2 is 1.94 bits per heavy atom. The van der Waals surface area contributed by atoms with Gasteiger partial charge in [0.05, 0.1) is 63.4 Å². The van der Waals surface area contributed by atoms with E-state index in [1.807, 2.05) is 18.2 Å². The number of fused-ring (bicyclic) bond motifs is 1. The molecule has 0 aliphatic heterocycles. The van der Waals surface area contributed by atoms with Gasteiger partial charge in [-0.2, -0.15) is 0 Å². The van der Waals surface area contributed by atoms with Crippen molar-refractivity contribution in [3.05, 3.63) is 72.1 Å². The predicted octanol–water partition coefficient (Wildman–Crippen LogP) is 3.51. The zero-order chi connectivity index (χ0) is 24.8. The van der Waals surface area contributed by atoms with Crippen molar-refractivity contribution in [2.75, 3.05) is 26.1 Å². The topological polar surface area (TPSA) is 128 Å². The normalized spacial score (nSPS) is 11.6. The van der Waals surface area contributed by atoms with Crippen molar-refractivity contribution in [3.63, 3.8) is 0 Å². The lowest BCUT2D eigenvalue weighted by molar-refractivity contribution is -0.142. The number of ether oxygens (including phenoxy) is 3. The van der Waals surface area contributed by atoms with E-state index >= 15 is 0 Å². The first kappa shape index (κ1) is 23.7. The van der Waals surface area contributed by atoms with Gasteiger partial charge in [0.25, 0.3) is 0 Å². The van der Waals surface area contributed by atoms with Crippen molar-refractivity contribution < 1.29 is 23.8 Å². The summed E-state index contributed by atoms with van der Waals surface area (Å²) < 4.78 is 15.4. The molecule has 35 heavy (non-hydrogen) atoms. The third kappa shape index (κ3) is 5.21. The number of esters is 1. The molecule has 1 aromatic carbocycles. The van der Waals surface area contributed by atoms with E-state index in [1.165, 1.54) is 26.6 Å². The van der Waals surface area contributed by atoms with Crippen molar-refractivity contribution >= 4 is 28.3 Å². The van der Waals surface area contributed by atoms with Gasteiger partial charge < -0.3 is 24.5 Å². The summed E-state index contributed by atoms with van der Waals surface area (Å²) in [6, 6.07) is 6.32. The maximum Gasteiger partial charge on any atom is 0.310 e.